The van der Waals surface area contributed by atoms with Gasteiger partial charge in [0.2, 0.25) is 0 Å². The van der Waals surface area contributed by atoms with Gasteiger partial charge in [-0.1, -0.05) is 20.3 Å². The third-order valence-electron chi connectivity index (χ3n) is 1.79. The fourth-order valence-corrected chi connectivity index (χ4v) is 1.02. The first kappa shape index (κ1) is 11.3. The van der Waals surface area contributed by atoms with Crippen molar-refractivity contribution in [3.63, 3.8) is 0 Å². The Hall–Kier alpha value is 1.28. The number of piperidine rings is 1. The SMILES string of the molecule is CC1CCC(C)C(=O)[N-]1.[Rb+]. The van der Waals surface area contributed by atoms with Crippen molar-refractivity contribution in [3.05, 3.63) is 5.32 Å². The molecule has 2 nitrogen and oxygen atoms in total. The van der Waals surface area contributed by atoms with Crippen molar-refractivity contribution in [3.8, 4) is 0 Å². The van der Waals surface area contributed by atoms with E-state index in [1.54, 1.807) is 0 Å². The van der Waals surface area contributed by atoms with Crippen LogP contribution in [0.2, 0.25) is 0 Å². The fraction of sp³-hybridized carbons (Fsp3) is 0.857. The summed E-state index contributed by atoms with van der Waals surface area (Å²) in [7, 11) is 0. The average molecular weight is 212 g/mol. The maximum absolute atomic E-state index is 10.8. The van der Waals surface area contributed by atoms with Gasteiger partial charge in [-0.2, -0.15) is 0 Å². The molecule has 2 atom stereocenters. The van der Waals surface area contributed by atoms with Crippen molar-refractivity contribution >= 4 is 5.91 Å². The second-order valence-electron chi connectivity index (χ2n) is 2.79. The van der Waals surface area contributed by atoms with Gasteiger partial charge in [0.1, 0.15) is 0 Å². The zero-order valence-electron chi connectivity index (χ0n) is 6.92. The molecular formula is C7H12NORb. The van der Waals surface area contributed by atoms with Gasteiger partial charge in [0.15, 0.2) is 0 Å². The van der Waals surface area contributed by atoms with Crippen molar-refractivity contribution in [2.75, 3.05) is 0 Å². The summed E-state index contributed by atoms with van der Waals surface area (Å²) < 4.78 is 0. The van der Waals surface area contributed by atoms with Crippen LogP contribution >= 0.6 is 0 Å². The summed E-state index contributed by atoms with van der Waals surface area (Å²) in [5.74, 6) is 0.273. The number of carbonyl (C=O) groups is 1. The Morgan fingerprint density at radius 3 is 2.40 bits per heavy atom. The molecule has 2 unspecified atom stereocenters. The Kier molecular flexibility index (Phi) is 5.66. The fourth-order valence-electron chi connectivity index (χ4n) is 1.02. The van der Waals surface area contributed by atoms with Crippen LogP contribution in [0.5, 0.6) is 0 Å². The Balaban J connectivity index is 0.000000810. The van der Waals surface area contributed by atoms with Crippen LogP contribution in [-0.4, -0.2) is 11.9 Å². The molecule has 3 heteroatoms. The van der Waals surface area contributed by atoms with Crippen LogP contribution in [0.1, 0.15) is 26.7 Å². The molecule has 1 saturated heterocycles. The van der Waals surface area contributed by atoms with Crippen molar-refractivity contribution in [1.29, 1.82) is 0 Å². The summed E-state index contributed by atoms with van der Waals surface area (Å²) in [6.45, 7) is 3.93. The standard InChI is InChI=1S/C7H13NO.Rb/c1-5-3-4-6(2)8-7(5)9;/h5-6H,3-4H2,1-2H3,(H,8,9);/q;+1/p-1. The molecule has 1 aliphatic rings. The molecule has 0 aromatic heterocycles. The predicted molar refractivity (Wildman–Crippen MR) is 36.2 cm³/mol. The summed E-state index contributed by atoms with van der Waals surface area (Å²) in [5, 5.41) is 3.92. The van der Waals surface area contributed by atoms with Crippen LogP contribution < -0.4 is 58.2 Å². The Morgan fingerprint density at radius 2 is 2.00 bits per heavy atom. The van der Waals surface area contributed by atoms with E-state index < -0.39 is 0 Å². The van der Waals surface area contributed by atoms with Crippen molar-refractivity contribution in [2.45, 2.75) is 32.7 Å². The van der Waals surface area contributed by atoms with Gasteiger partial charge in [-0.15, -0.1) is 6.04 Å². The number of nitrogens with zero attached hydrogens (tertiary/aromatic N) is 1. The van der Waals surface area contributed by atoms with Gasteiger partial charge in [-0.3, -0.25) is 0 Å². The van der Waals surface area contributed by atoms with Gasteiger partial charge in [0, 0.05) is 0 Å². The van der Waals surface area contributed by atoms with Gasteiger partial charge in [-0.05, 0) is 12.3 Å². The molecule has 52 valence electrons. The summed E-state index contributed by atoms with van der Waals surface area (Å²) in [4.78, 5) is 10.8. The molecular weight excluding hydrogens is 200 g/mol. The molecule has 0 bridgehead atoms. The zero-order chi connectivity index (χ0) is 6.85. The number of rotatable bonds is 0. The molecule has 0 saturated carbocycles. The summed E-state index contributed by atoms with van der Waals surface area (Å²) in [6.07, 6.45) is 2.09. The molecule has 0 N–H and O–H groups in total. The molecule has 0 aliphatic carbocycles. The zero-order valence-corrected chi connectivity index (χ0v) is 11.8. The number of amides is 1. The van der Waals surface area contributed by atoms with Crippen molar-refractivity contribution in [1.82, 2.24) is 0 Å². The molecule has 1 amide bonds. The van der Waals surface area contributed by atoms with Gasteiger partial charge < -0.3 is 10.1 Å². The molecule has 0 aromatic carbocycles. The van der Waals surface area contributed by atoms with Crippen LogP contribution in [0.3, 0.4) is 0 Å². The minimum absolute atomic E-state index is 0. The number of hydrogen-bond donors (Lipinski definition) is 0. The van der Waals surface area contributed by atoms with Gasteiger partial charge in [-0.25, -0.2) is 0 Å². The molecule has 1 rings (SSSR count). The van der Waals surface area contributed by atoms with Crippen LogP contribution in [0.15, 0.2) is 0 Å². The van der Waals surface area contributed by atoms with E-state index in [4.69, 9.17) is 0 Å². The third kappa shape index (κ3) is 3.12. The molecule has 1 fully saturated rings. The van der Waals surface area contributed by atoms with Crippen molar-refractivity contribution < 1.29 is 63.0 Å². The summed E-state index contributed by atoms with van der Waals surface area (Å²) in [6, 6.07) is 0.272. The van der Waals surface area contributed by atoms with E-state index in [1.165, 1.54) is 0 Å². The van der Waals surface area contributed by atoms with E-state index in [2.05, 4.69) is 5.32 Å². The largest absolute Gasteiger partial charge is 1.00 e. The average Bonchev–Trinajstić information content (AvgIpc) is 1.80. The van der Waals surface area contributed by atoms with E-state index in [-0.39, 0.29) is 76.1 Å². The van der Waals surface area contributed by atoms with E-state index in [0.29, 0.717) is 0 Å². The quantitative estimate of drug-likeness (QED) is 0.491. The van der Waals surface area contributed by atoms with Crippen LogP contribution in [0.25, 0.3) is 5.32 Å². The first-order valence-electron chi connectivity index (χ1n) is 3.45. The molecule has 0 aromatic rings. The topological polar surface area (TPSA) is 31.2 Å². The van der Waals surface area contributed by atoms with Gasteiger partial charge >= 0.3 is 58.2 Å². The van der Waals surface area contributed by atoms with Gasteiger partial charge in [0.25, 0.3) is 0 Å². The molecule has 0 spiro atoms. The van der Waals surface area contributed by atoms with E-state index in [1.807, 2.05) is 13.8 Å². The second kappa shape index (κ2) is 5.02. The first-order valence-corrected chi connectivity index (χ1v) is 3.45. The van der Waals surface area contributed by atoms with Crippen LogP contribution in [0.4, 0.5) is 0 Å². The second-order valence-corrected chi connectivity index (χ2v) is 2.79. The number of hydrogen-bond acceptors (Lipinski definition) is 1. The predicted octanol–water partition coefficient (Wildman–Crippen LogP) is -1.29. The van der Waals surface area contributed by atoms with E-state index in [0.717, 1.165) is 12.8 Å². The minimum Gasteiger partial charge on any atom is -0.651 e. The van der Waals surface area contributed by atoms with Crippen LogP contribution in [0, 0.1) is 5.92 Å². The van der Waals surface area contributed by atoms with Crippen LogP contribution in [-0.2, 0) is 4.79 Å². The van der Waals surface area contributed by atoms with E-state index >= 15 is 0 Å². The third-order valence-corrected chi connectivity index (χ3v) is 1.79. The molecule has 1 aliphatic heterocycles. The van der Waals surface area contributed by atoms with E-state index in [9.17, 15) is 4.79 Å². The molecule has 1 heterocycles. The maximum Gasteiger partial charge on any atom is 1.00 e. The summed E-state index contributed by atoms with van der Waals surface area (Å²) in [5.41, 5.74) is 0. The first-order chi connectivity index (χ1) is 4.20. The Labute approximate surface area is 111 Å². The van der Waals surface area contributed by atoms with Crippen molar-refractivity contribution in [2.24, 2.45) is 5.92 Å². The Bertz CT molecular complexity index is 127. The normalized spacial score (nSPS) is 32.4. The molecule has 10 heavy (non-hydrogen) atoms. The minimum atomic E-state index is 0. The number of carbonyl (C=O) groups excluding carboxylic acids is 1. The monoisotopic (exact) mass is 211 g/mol. The summed E-state index contributed by atoms with van der Waals surface area (Å²) >= 11 is 0. The molecule has 0 radical (unpaired) electrons. The maximum atomic E-state index is 10.8. The smallest absolute Gasteiger partial charge is 0.651 e. The van der Waals surface area contributed by atoms with Gasteiger partial charge in [0.05, 0.1) is 5.91 Å². The Morgan fingerprint density at radius 1 is 1.40 bits per heavy atom.